The van der Waals surface area contributed by atoms with E-state index in [4.69, 9.17) is 4.55 Å². The zero-order valence-electron chi connectivity index (χ0n) is 9.14. The first-order chi connectivity index (χ1) is 5.99. The van der Waals surface area contributed by atoms with Crippen molar-refractivity contribution >= 4 is 15.7 Å². The molecule has 0 radical (unpaired) electrons. The topological polar surface area (TPSA) is 54.4 Å². The second kappa shape index (κ2) is 5.68. The van der Waals surface area contributed by atoms with Crippen LogP contribution in [0.15, 0.2) is 35.7 Å². The van der Waals surface area contributed by atoms with Gasteiger partial charge in [0.15, 0.2) is 0 Å². The first kappa shape index (κ1) is 13.9. The average Bonchev–Trinajstić information content (AvgIpc) is 2.03. The molecule has 0 spiro atoms. The van der Waals surface area contributed by atoms with Crippen LogP contribution >= 0.6 is 0 Å². The second-order valence-electron chi connectivity index (χ2n) is 2.68. The Balaban J connectivity index is 0. The number of benzene rings is 1. The van der Waals surface area contributed by atoms with Gasteiger partial charge in [-0.05, 0) is 18.1 Å². The van der Waals surface area contributed by atoms with Crippen LogP contribution in [0.25, 0.3) is 5.57 Å². The Morgan fingerprint density at radius 1 is 1.36 bits per heavy atom. The molecule has 0 amide bonds. The van der Waals surface area contributed by atoms with E-state index in [-0.39, 0.29) is 31.0 Å². The van der Waals surface area contributed by atoms with Crippen LogP contribution in [0, 0.1) is 0 Å². The van der Waals surface area contributed by atoms with Gasteiger partial charge in [-0.15, -0.1) is 0 Å². The van der Waals surface area contributed by atoms with Crippen LogP contribution in [0.2, 0.25) is 0 Å². The van der Waals surface area contributed by atoms with Gasteiger partial charge in [0.25, 0.3) is 10.1 Å². The van der Waals surface area contributed by atoms with Crippen molar-refractivity contribution in [1.82, 2.24) is 0 Å². The van der Waals surface area contributed by atoms with Gasteiger partial charge in [0.05, 0.1) is 5.41 Å². The Hall–Kier alpha value is -0.130. The van der Waals surface area contributed by atoms with Crippen molar-refractivity contribution < 1.29 is 44.0 Å². The number of hydrogen-bond acceptors (Lipinski definition) is 2. The molecule has 1 rings (SSSR count). The van der Waals surface area contributed by atoms with Crippen LogP contribution in [0.4, 0.5) is 0 Å². The van der Waals surface area contributed by atoms with Gasteiger partial charge in [-0.2, -0.15) is 8.42 Å². The van der Waals surface area contributed by atoms with Gasteiger partial charge in [-0.25, -0.2) is 0 Å². The second-order valence-corrected chi connectivity index (χ2v) is 3.95. The minimum atomic E-state index is -4.03. The molecule has 0 aliphatic rings. The molecule has 72 valence electrons. The minimum absolute atomic E-state index is 0. The summed E-state index contributed by atoms with van der Waals surface area (Å²) in [5, 5.41) is 0.836. The third kappa shape index (κ3) is 4.93. The van der Waals surface area contributed by atoms with Crippen LogP contribution in [0.3, 0.4) is 0 Å². The quantitative estimate of drug-likeness (QED) is 0.518. The molecular formula is C9H11NaO3S. The van der Waals surface area contributed by atoms with Crippen molar-refractivity contribution in [2.45, 2.75) is 6.92 Å². The number of allylic oxidation sites excluding steroid dienone is 1. The predicted octanol–water partition coefficient (Wildman–Crippen LogP) is -0.948. The summed E-state index contributed by atoms with van der Waals surface area (Å²) in [6.45, 7) is 1.63. The van der Waals surface area contributed by atoms with E-state index >= 15 is 0 Å². The molecule has 5 heteroatoms. The fraction of sp³-hybridized carbons (Fsp3) is 0.111. The Morgan fingerprint density at radius 2 is 1.86 bits per heavy atom. The fourth-order valence-electron chi connectivity index (χ4n) is 0.992. The van der Waals surface area contributed by atoms with Crippen molar-refractivity contribution in [3.8, 4) is 0 Å². The summed E-state index contributed by atoms with van der Waals surface area (Å²) in [6, 6.07) is 8.99. The zero-order valence-corrected chi connectivity index (χ0v) is 11.0. The van der Waals surface area contributed by atoms with Crippen LogP contribution < -0.4 is 29.6 Å². The summed E-state index contributed by atoms with van der Waals surface area (Å²) in [7, 11) is -4.03. The third-order valence-electron chi connectivity index (χ3n) is 1.55. The molecule has 1 aromatic rings. The van der Waals surface area contributed by atoms with Crippen molar-refractivity contribution in [1.29, 1.82) is 0 Å². The van der Waals surface area contributed by atoms with Gasteiger partial charge in [0.1, 0.15) is 0 Å². The zero-order chi connectivity index (χ0) is 9.90. The van der Waals surface area contributed by atoms with Gasteiger partial charge in [0.2, 0.25) is 0 Å². The summed E-state index contributed by atoms with van der Waals surface area (Å²) >= 11 is 0. The Kier molecular flexibility index (Phi) is 5.63. The summed E-state index contributed by atoms with van der Waals surface area (Å²) in [4.78, 5) is 0. The van der Waals surface area contributed by atoms with Crippen molar-refractivity contribution in [3.63, 3.8) is 0 Å². The normalized spacial score (nSPS) is 12.0. The molecule has 0 saturated carbocycles. The molecule has 0 unspecified atom stereocenters. The van der Waals surface area contributed by atoms with E-state index in [1.807, 2.05) is 6.07 Å². The molecule has 1 N–H and O–H groups in total. The van der Waals surface area contributed by atoms with Gasteiger partial charge < -0.3 is 1.43 Å². The molecule has 0 aliphatic carbocycles. The summed E-state index contributed by atoms with van der Waals surface area (Å²) < 4.78 is 29.5. The van der Waals surface area contributed by atoms with Crippen molar-refractivity contribution in [3.05, 3.63) is 41.3 Å². The van der Waals surface area contributed by atoms with Crippen LogP contribution in [-0.2, 0) is 10.1 Å². The Bertz CT molecular complexity index is 414. The van der Waals surface area contributed by atoms with Gasteiger partial charge in [0, 0.05) is 0 Å². The molecule has 3 nitrogen and oxygen atoms in total. The standard InChI is InChI=1S/C9H10O3S.Na.H/c1-8(7-13(10,11)12)9-5-3-2-4-6-9;;/h2-7H,1H3,(H,10,11,12);;/q;+1;-1. The van der Waals surface area contributed by atoms with Crippen LogP contribution in [-0.4, -0.2) is 13.0 Å². The SMILES string of the molecule is CC(=CS(=O)(=O)O)c1ccccc1.[H-].[Na+]. The Labute approximate surface area is 107 Å². The maximum atomic E-state index is 10.5. The van der Waals surface area contributed by atoms with Crippen LogP contribution in [0.1, 0.15) is 13.9 Å². The molecule has 0 saturated heterocycles. The van der Waals surface area contributed by atoms with Crippen LogP contribution in [0.5, 0.6) is 0 Å². The average molecular weight is 222 g/mol. The molecule has 0 fully saturated rings. The van der Waals surface area contributed by atoms with E-state index in [9.17, 15) is 8.42 Å². The predicted molar refractivity (Wildman–Crippen MR) is 52.8 cm³/mol. The number of hydrogen-bond donors (Lipinski definition) is 1. The molecule has 0 bridgehead atoms. The minimum Gasteiger partial charge on any atom is -1.00 e. The van der Waals surface area contributed by atoms with Gasteiger partial charge >= 0.3 is 29.6 Å². The summed E-state index contributed by atoms with van der Waals surface area (Å²) in [6.07, 6.45) is 0. The molecule has 0 heterocycles. The molecule has 1 aromatic carbocycles. The number of rotatable bonds is 2. The van der Waals surface area contributed by atoms with Gasteiger partial charge in [-0.1, -0.05) is 30.3 Å². The molecule has 0 aliphatic heterocycles. The maximum absolute atomic E-state index is 10.5. The van der Waals surface area contributed by atoms with E-state index in [1.54, 1.807) is 31.2 Å². The fourth-order valence-corrected chi connectivity index (χ4v) is 1.58. The van der Waals surface area contributed by atoms with Crippen molar-refractivity contribution in [2.75, 3.05) is 0 Å². The maximum Gasteiger partial charge on any atom is 1.00 e. The summed E-state index contributed by atoms with van der Waals surface area (Å²) in [5.41, 5.74) is 1.29. The van der Waals surface area contributed by atoms with E-state index in [0.29, 0.717) is 5.57 Å². The van der Waals surface area contributed by atoms with E-state index < -0.39 is 10.1 Å². The van der Waals surface area contributed by atoms with E-state index in [2.05, 4.69) is 0 Å². The smallest absolute Gasteiger partial charge is 1.00 e. The molecule has 0 aromatic heterocycles. The van der Waals surface area contributed by atoms with E-state index in [0.717, 1.165) is 11.0 Å². The van der Waals surface area contributed by atoms with Crippen molar-refractivity contribution in [2.24, 2.45) is 0 Å². The molecular weight excluding hydrogens is 211 g/mol. The summed E-state index contributed by atoms with van der Waals surface area (Å²) in [5.74, 6) is 0. The molecule has 14 heavy (non-hydrogen) atoms. The first-order valence-electron chi connectivity index (χ1n) is 3.70. The van der Waals surface area contributed by atoms with E-state index in [1.165, 1.54) is 0 Å². The third-order valence-corrected chi connectivity index (χ3v) is 2.21. The Morgan fingerprint density at radius 3 is 2.29 bits per heavy atom. The monoisotopic (exact) mass is 222 g/mol. The first-order valence-corrected chi connectivity index (χ1v) is 5.20. The molecule has 0 atom stereocenters. The van der Waals surface area contributed by atoms with Gasteiger partial charge in [-0.3, -0.25) is 4.55 Å². The largest absolute Gasteiger partial charge is 1.00 e.